The van der Waals surface area contributed by atoms with Crippen LogP contribution in [0.2, 0.25) is 0 Å². The second kappa shape index (κ2) is 5.54. The molecule has 16 heavy (non-hydrogen) atoms. The lowest BCUT2D eigenvalue weighted by molar-refractivity contribution is -0.325. The molecule has 0 N–H and O–H groups in total. The van der Waals surface area contributed by atoms with Gasteiger partial charge in [-0.15, -0.1) is 13.2 Å². The van der Waals surface area contributed by atoms with Crippen LogP contribution in [0.5, 0.6) is 5.75 Å². The van der Waals surface area contributed by atoms with Crippen LogP contribution in [0.4, 0.5) is 13.2 Å². The number of hydrogen-bond donors (Lipinski definition) is 0. The normalized spacial score (nSPS) is 11.6. The van der Waals surface area contributed by atoms with Gasteiger partial charge in [0.25, 0.3) is 0 Å². The second-order valence-corrected chi connectivity index (χ2v) is 3.91. The Morgan fingerprint density at radius 1 is 1.25 bits per heavy atom. The van der Waals surface area contributed by atoms with E-state index in [1.165, 1.54) is 0 Å². The standard InChI is InChI=1S/C10H10BrF3O2/c1-7-6-8(2-3-9(7)11)15-4-5-16-10(12,13)14/h2-3,6H,4-5H2,1H3. The number of benzene rings is 1. The highest BCUT2D eigenvalue weighted by molar-refractivity contribution is 9.10. The van der Waals surface area contributed by atoms with E-state index in [2.05, 4.69) is 20.7 Å². The smallest absolute Gasteiger partial charge is 0.491 e. The highest BCUT2D eigenvalue weighted by Gasteiger charge is 2.28. The fraction of sp³-hybridized carbons (Fsp3) is 0.400. The summed E-state index contributed by atoms with van der Waals surface area (Å²) in [7, 11) is 0. The minimum Gasteiger partial charge on any atom is -0.491 e. The first-order valence-electron chi connectivity index (χ1n) is 4.48. The third-order valence-electron chi connectivity index (χ3n) is 1.75. The van der Waals surface area contributed by atoms with Crippen LogP contribution in [0.25, 0.3) is 0 Å². The van der Waals surface area contributed by atoms with E-state index in [0.717, 1.165) is 10.0 Å². The summed E-state index contributed by atoms with van der Waals surface area (Å²) in [6.45, 7) is 1.21. The monoisotopic (exact) mass is 298 g/mol. The molecule has 0 aliphatic heterocycles. The van der Waals surface area contributed by atoms with E-state index in [1.807, 2.05) is 6.92 Å². The van der Waals surface area contributed by atoms with Gasteiger partial charge in [0.2, 0.25) is 0 Å². The van der Waals surface area contributed by atoms with Gasteiger partial charge in [-0.3, -0.25) is 4.74 Å². The van der Waals surface area contributed by atoms with Crippen molar-refractivity contribution in [2.45, 2.75) is 13.3 Å². The summed E-state index contributed by atoms with van der Waals surface area (Å²) in [5.74, 6) is 0.520. The summed E-state index contributed by atoms with van der Waals surface area (Å²) in [4.78, 5) is 0. The SMILES string of the molecule is Cc1cc(OCCOC(F)(F)F)ccc1Br. The van der Waals surface area contributed by atoms with Crippen molar-refractivity contribution in [2.24, 2.45) is 0 Å². The minimum atomic E-state index is -4.60. The summed E-state index contributed by atoms with van der Waals surface area (Å²) in [6.07, 6.45) is -4.60. The molecule has 0 radical (unpaired) electrons. The molecular weight excluding hydrogens is 289 g/mol. The average Bonchev–Trinajstić information content (AvgIpc) is 2.17. The van der Waals surface area contributed by atoms with Gasteiger partial charge in [-0.2, -0.15) is 0 Å². The Hall–Kier alpha value is -0.750. The molecule has 0 amide bonds. The van der Waals surface area contributed by atoms with Crippen molar-refractivity contribution in [3.8, 4) is 5.75 Å². The van der Waals surface area contributed by atoms with Gasteiger partial charge in [-0.05, 0) is 30.7 Å². The predicted octanol–water partition coefficient (Wildman–Crippen LogP) is 3.67. The van der Waals surface area contributed by atoms with Gasteiger partial charge < -0.3 is 4.74 Å². The van der Waals surface area contributed by atoms with Crippen molar-refractivity contribution in [3.05, 3.63) is 28.2 Å². The van der Waals surface area contributed by atoms with Crippen molar-refractivity contribution in [1.29, 1.82) is 0 Å². The molecule has 0 saturated carbocycles. The van der Waals surface area contributed by atoms with Crippen LogP contribution in [0.15, 0.2) is 22.7 Å². The maximum Gasteiger partial charge on any atom is 0.522 e. The van der Waals surface area contributed by atoms with Crippen LogP contribution in [-0.4, -0.2) is 19.6 Å². The molecule has 0 aromatic heterocycles. The zero-order valence-corrected chi connectivity index (χ0v) is 10.1. The van der Waals surface area contributed by atoms with Gasteiger partial charge in [-0.1, -0.05) is 15.9 Å². The Labute approximate surface area is 99.5 Å². The zero-order chi connectivity index (χ0) is 12.2. The molecule has 0 saturated heterocycles. The van der Waals surface area contributed by atoms with Crippen molar-refractivity contribution < 1.29 is 22.6 Å². The highest BCUT2D eigenvalue weighted by atomic mass is 79.9. The second-order valence-electron chi connectivity index (χ2n) is 3.05. The molecule has 0 spiro atoms. The molecule has 0 fully saturated rings. The predicted molar refractivity (Wildman–Crippen MR) is 56.4 cm³/mol. The zero-order valence-electron chi connectivity index (χ0n) is 8.47. The number of hydrogen-bond acceptors (Lipinski definition) is 2. The van der Waals surface area contributed by atoms with E-state index >= 15 is 0 Å². The van der Waals surface area contributed by atoms with E-state index in [9.17, 15) is 13.2 Å². The topological polar surface area (TPSA) is 18.5 Å². The van der Waals surface area contributed by atoms with Gasteiger partial charge in [0.1, 0.15) is 12.4 Å². The molecule has 0 unspecified atom stereocenters. The number of ether oxygens (including phenoxy) is 2. The fourth-order valence-corrected chi connectivity index (χ4v) is 1.27. The van der Waals surface area contributed by atoms with Crippen molar-refractivity contribution >= 4 is 15.9 Å². The average molecular weight is 299 g/mol. The maximum atomic E-state index is 11.6. The van der Waals surface area contributed by atoms with Gasteiger partial charge >= 0.3 is 6.36 Å². The van der Waals surface area contributed by atoms with Crippen molar-refractivity contribution in [3.63, 3.8) is 0 Å². The first-order chi connectivity index (χ1) is 7.38. The highest BCUT2D eigenvalue weighted by Crippen LogP contribution is 2.21. The van der Waals surface area contributed by atoms with Gasteiger partial charge in [-0.25, -0.2) is 0 Å². The fourth-order valence-electron chi connectivity index (χ4n) is 1.02. The molecule has 0 heterocycles. The third-order valence-corrected chi connectivity index (χ3v) is 2.64. The summed E-state index contributed by atoms with van der Waals surface area (Å²) in [5, 5.41) is 0. The largest absolute Gasteiger partial charge is 0.522 e. The van der Waals surface area contributed by atoms with E-state index < -0.39 is 13.0 Å². The van der Waals surface area contributed by atoms with E-state index in [0.29, 0.717) is 5.75 Å². The lowest BCUT2D eigenvalue weighted by Crippen LogP contribution is -2.18. The first-order valence-corrected chi connectivity index (χ1v) is 5.27. The molecule has 1 aromatic rings. The summed E-state index contributed by atoms with van der Waals surface area (Å²) < 4.78 is 44.4. The van der Waals surface area contributed by atoms with E-state index in [1.54, 1.807) is 18.2 Å². The summed E-state index contributed by atoms with van der Waals surface area (Å²) >= 11 is 3.31. The molecule has 0 aliphatic carbocycles. The number of alkyl halides is 3. The summed E-state index contributed by atoms with van der Waals surface area (Å²) in [5.41, 5.74) is 0.953. The third kappa shape index (κ3) is 4.85. The number of aryl methyl sites for hydroxylation is 1. The van der Waals surface area contributed by atoms with Crippen LogP contribution in [0, 0.1) is 6.92 Å². The Kier molecular flexibility index (Phi) is 4.61. The Morgan fingerprint density at radius 3 is 2.50 bits per heavy atom. The quantitative estimate of drug-likeness (QED) is 0.790. The van der Waals surface area contributed by atoms with E-state index in [-0.39, 0.29) is 6.61 Å². The molecule has 0 bridgehead atoms. The Balaban J connectivity index is 2.35. The lowest BCUT2D eigenvalue weighted by Gasteiger charge is -2.09. The van der Waals surface area contributed by atoms with Gasteiger partial charge in [0.15, 0.2) is 0 Å². The van der Waals surface area contributed by atoms with E-state index in [4.69, 9.17) is 4.74 Å². The Bertz CT molecular complexity index is 352. The summed E-state index contributed by atoms with van der Waals surface area (Å²) in [6, 6.07) is 5.18. The molecule has 90 valence electrons. The molecule has 2 nitrogen and oxygen atoms in total. The van der Waals surface area contributed by atoms with Crippen LogP contribution in [-0.2, 0) is 4.74 Å². The lowest BCUT2D eigenvalue weighted by atomic mass is 10.2. The van der Waals surface area contributed by atoms with Gasteiger partial charge in [0.05, 0.1) is 6.61 Å². The van der Waals surface area contributed by atoms with Crippen LogP contribution in [0.3, 0.4) is 0 Å². The molecule has 0 atom stereocenters. The van der Waals surface area contributed by atoms with Gasteiger partial charge in [0, 0.05) is 4.47 Å². The number of rotatable bonds is 4. The first kappa shape index (κ1) is 13.3. The number of halogens is 4. The molecule has 0 aliphatic rings. The van der Waals surface area contributed by atoms with Crippen LogP contribution in [0.1, 0.15) is 5.56 Å². The van der Waals surface area contributed by atoms with Crippen molar-refractivity contribution in [2.75, 3.05) is 13.2 Å². The molecule has 6 heteroatoms. The molecule has 1 aromatic carbocycles. The maximum absolute atomic E-state index is 11.6. The molecule has 1 rings (SSSR count). The Morgan fingerprint density at radius 2 is 1.94 bits per heavy atom. The molecular formula is C10H10BrF3O2. The van der Waals surface area contributed by atoms with Crippen LogP contribution >= 0.6 is 15.9 Å². The van der Waals surface area contributed by atoms with Crippen molar-refractivity contribution in [1.82, 2.24) is 0 Å². The minimum absolute atomic E-state index is 0.138. The van der Waals surface area contributed by atoms with Crippen LogP contribution < -0.4 is 4.74 Å².